The quantitative estimate of drug-likeness (QED) is 0.393. The topological polar surface area (TPSA) is 9.23 Å². The molecule has 0 spiro atoms. The van der Waals surface area contributed by atoms with Gasteiger partial charge in [0.1, 0.15) is 0 Å². The van der Waals surface area contributed by atoms with Crippen molar-refractivity contribution < 1.29 is 27.7 Å². The molecule has 125 valence electrons. The molecule has 0 aliphatic rings. The van der Waals surface area contributed by atoms with Gasteiger partial charge in [-0.25, -0.2) is 0 Å². The van der Waals surface area contributed by atoms with Crippen LogP contribution in [0.4, 0.5) is 0 Å². The van der Waals surface area contributed by atoms with Crippen molar-refractivity contribution in [2.45, 2.75) is 19.3 Å². The zero-order valence-corrected chi connectivity index (χ0v) is 18.0. The van der Waals surface area contributed by atoms with E-state index < -0.39 is 0 Å². The molecule has 0 saturated carbocycles. The second kappa shape index (κ2) is 9.26. The third kappa shape index (κ3) is 5.49. The summed E-state index contributed by atoms with van der Waals surface area (Å²) in [6, 6.07) is 32.5. The number of benzene rings is 3. The van der Waals surface area contributed by atoms with Gasteiger partial charge in [0.2, 0.25) is 0 Å². The van der Waals surface area contributed by atoms with Crippen molar-refractivity contribution in [1.29, 1.82) is 0 Å². The van der Waals surface area contributed by atoms with E-state index in [0.717, 1.165) is 50.7 Å². The first-order chi connectivity index (χ1) is 12.3. The van der Waals surface area contributed by atoms with Crippen molar-refractivity contribution in [2.24, 2.45) is 5.41 Å². The molecule has 0 saturated heterocycles. The summed E-state index contributed by atoms with van der Waals surface area (Å²) in [5.74, 6) is 0. The summed E-state index contributed by atoms with van der Waals surface area (Å²) in [6.07, 6.45) is 3.08. The zero-order valence-electron chi connectivity index (χ0n) is 14.4. The molecular formula is C23H23HfO. The average molecular weight is 494 g/mol. The van der Waals surface area contributed by atoms with Crippen molar-refractivity contribution in [3.05, 3.63) is 108 Å². The maximum absolute atomic E-state index is 5.86. The van der Waals surface area contributed by atoms with E-state index in [4.69, 9.17) is 2.85 Å². The van der Waals surface area contributed by atoms with Gasteiger partial charge in [-0.05, 0) is 0 Å². The second-order valence-electron chi connectivity index (χ2n) is 6.78. The Hall–Kier alpha value is -1.51. The molecule has 0 unspecified atom stereocenters. The predicted molar refractivity (Wildman–Crippen MR) is 98.8 cm³/mol. The van der Waals surface area contributed by atoms with E-state index in [1.807, 2.05) is 0 Å². The van der Waals surface area contributed by atoms with Crippen LogP contribution in [0, 0.1) is 5.41 Å². The molecule has 3 aromatic carbocycles. The van der Waals surface area contributed by atoms with Crippen molar-refractivity contribution in [3.8, 4) is 0 Å². The van der Waals surface area contributed by atoms with Crippen LogP contribution in [0.2, 0.25) is 0 Å². The standard InChI is InChI=1S/C23H23O.Hf/c24-19-23(16-20-10-4-1-5-11-20,17-21-12-6-2-7-13-21)18-22-14-8-3-9-15-22;/h1-15H,16-19H2;/q-1;+1. The Morgan fingerprint density at radius 2 is 0.880 bits per heavy atom. The van der Waals surface area contributed by atoms with Crippen LogP contribution in [0.5, 0.6) is 0 Å². The van der Waals surface area contributed by atoms with E-state index >= 15 is 0 Å². The van der Waals surface area contributed by atoms with Crippen LogP contribution in [0.25, 0.3) is 0 Å². The summed E-state index contributed by atoms with van der Waals surface area (Å²) in [7, 11) is 0. The van der Waals surface area contributed by atoms with Crippen LogP contribution in [-0.2, 0) is 46.9 Å². The summed E-state index contributed by atoms with van der Waals surface area (Å²) in [6.45, 7) is 0.803. The molecule has 0 bridgehead atoms. The first-order valence-electron chi connectivity index (χ1n) is 8.70. The van der Waals surface area contributed by atoms with E-state index in [0.29, 0.717) is 0 Å². The average Bonchev–Trinajstić information content (AvgIpc) is 2.64. The molecule has 25 heavy (non-hydrogen) atoms. The molecule has 0 amide bonds. The van der Waals surface area contributed by atoms with E-state index in [1.165, 1.54) is 16.7 Å². The van der Waals surface area contributed by atoms with Gasteiger partial charge in [0.25, 0.3) is 0 Å². The predicted octanol–water partition coefficient (Wildman–Crippen LogP) is 5.18. The van der Waals surface area contributed by atoms with Crippen molar-refractivity contribution in [2.75, 3.05) is 6.61 Å². The first-order valence-corrected chi connectivity index (χ1v) is 10.2. The minimum atomic E-state index is 0.0752. The van der Waals surface area contributed by atoms with Gasteiger partial charge in [0.05, 0.1) is 0 Å². The molecule has 1 nitrogen and oxygen atoms in total. The Labute approximate surface area is 166 Å². The van der Waals surface area contributed by atoms with E-state index in [9.17, 15) is 0 Å². The summed E-state index contributed by atoms with van der Waals surface area (Å²) in [4.78, 5) is 0. The minimum absolute atomic E-state index is 0.0752. The molecule has 0 aliphatic heterocycles. The Morgan fingerprint density at radius 3 is 1.16 bits per heavy atom. The van der Waals surface area contributed by atoms with Crippen molar-refractivity contribution in [3.63, 3.8) is 0 Å². The zero-order chi connectivity index (χ0) is 17.4. The number of hydrogen-bond acceptors (Lipinski definition) is 1. The van der Waals surface area contributed by atoms with Crippen molar-refractivity contribution in [1.82, 2.24) is 0 Å². The fourth-order valence-corrected chi connectivity index (χ4v) is 4.68. The molecule has 0 aliphatic carbocycles. The number of rotatable bonds is 8. The van der Waals surface area contributed by atoms with Crippen LogP contribution in [0.3, 0.4) is 0 Å². The molecule has 0 radical (unpaired) electrons. The fourth-order valence-electron chi connectivity index (χ4n) is 3.58. The Bertz CT molecular complexity index is 639. The molecule has 0 N–H and O–H groups in total. The van der Waals surface area contributed by atoms with Crippen LogP contribution in [0.15, 0.2) is 91.0 Å². The summed E-state index contributed by atoms with van der Waals surface area (Å²) < 4.78 is 5.86. The fraction of sp³-hybridized carbons (Fsp3) is 0.217. The van der Waals surface area contributed by atoms with Gasteiger partial charge in [-0.1, -0.05) is 0 Å². The van der Waals surface area contributed by atoms with E-state index in [1.54, 1.807) is 0 Å². The van der Waals surface area contributed by atoms with Gasteiger partial charge in [-0.3, -0.25) is 0 Å². The summed E-state index contributed by atoms with van der Waals surface area (Å²) in [5.41, 5.74) is 4.22. The molecule has 0 atom stereocenters. The third-order valence-electron chi connectivity index (χ3n) is 4.64. The van der Waals surface area contributed by atoms with Gasteiger partial charge >= 0.3 is 167 Å². The van der Waals surface area contributed by atoms with Crippen LogP contribution < -0.4 is 0 Å². The van der Waals surface area contributed by atoms with E-state index in [2.05, 4.69) is 91.0 Å². The van der Waals surface area contributed by atoms with Gasteiger partial charge in [0, 0.05) is 0 Å². The molecule has 0 heterocycles. The summed E-state index contributed by atoms with van der Waals surface area (Å²) in [5, 5.41) is 0. The van der Waals surface area contributed by atoms with E-state index in [-0.39, 0.29) is 5.41 Å². The van der Waals surface area contributed by atoms with Crippen molar-refractivity contribution >= 4 is 0 Å². The second-order valence-corrected chi connectivity index (χ2v) is 7.81. The van der Waals surface area contributed by atoms with Gasteiger partial charge in [-0.2, -0.15) is 0 Å². The van der Waals surface area contributed by atoms with Gasteiger partial charge in [-0.15, -0.1) is 0 Å². The molecular weight excluding hydrogens is 471 g/mol. The number of hydrogen-bond donors (Lipinski definition) is 0. The van der Waals surface area contributed by atoms with Gasteiger partial charge < -0.3 is 0 Å². The molecule has 3 rings (SSSR count). The van der Waals surface area contributed by atoms with Gasteiger partial charge in [0.15, 0.2) is 0 Å². The maximum atomic E-state index is 5.86. The normalized spacial score (nSPS) is 11.3. The summed E-state index contributed by atoms with van der Waals surface area (Å²) >= 11 is 0.771. The molecule has 0 fully saturated rings. The SMILES string of the molecule is [Hf][O]CC(Cc1ccccc1)(Cc1ccccc1)Cc1ccccc1. The Balaban J connectivity index is 1.94. The third-order valence-corrected chi connectivity index (χ3v) is 5.16. The van der Waals surface area contributed by atoms with Crippen LogP contribution >= 0.6 is 0 Å². The van der Waals surface area contributed by atoms with Crippen LogP contribution in [0.1, 0.15) is 16.7 Å². The Kier molecular flexibility index (Phi) is 6.77. The Morgan fingerprint density at radius 1 is 0.560 bits per heavy atom. The molecule has 0 aromatic heterocycles. The molecule has 2 heteroatoms. The molecule has 3 aromatic rings. The van der Waals surface area contributed by atoms with Crippen LogP contribution in [-0.4, -0.2) is 6.61 Å². The first kappa shape index (κ1) is 18.3. The monoisotopic (exact) mass is 495 g/mol.